The van der Waals surface area contributed by atoms with Gasteiger partial charge in [-0.3, -0.25) is 14.4 Å². The lowest BCUT2D eigenvalue weighted by Gasteiger charge is -2.22. The molecule has 0 saturated heterocycles. The number of hydrogen-bond donors (Lipinski definition) is 5. The molecule has 1 aromatic heterocycles. The van der Waals surface area contributed by atoms with E-state index in [1.807, 2.05) is 30.4 Å². The molecule has 2 aromatic carbocycles. The number of carbonyl (C=O) groups is 5. The van der Waals surface area contributed by atoms with Gasteiger partial charge in [0.25, 0.3) is 0 Å². The van der Waals surface area contributed by atoms with Gasteiger partial charge in [-0.15, -0.1) is 0 Å². The third-order valence-corrected chi connectivity index (χ3v) is 7.79. The summed E-state index contributed by atoms with van der Waals surface area (Å²) >= 11 is 0. The zero-order chi connectivity index (χ0) is 35.5. The Morgan fingerprint density at radius 2 is 1.58 bits per heavy atom. The molecule has 0 aliphatic rings. The fourth-order valence-electron chi connectivity index (χ4n) is 5.23. The van der Waals surface area contributed by atoms with Crippen molar-refractivity contribution in [1.29, 1.82) is 0 Å². The summed E-state index contributed by atoms with van der Waals surface area (Å²) in [6.45, 7) is 0.267. The van der Waals surface area contributed by atoms with Crippen LogP contribution < -0.4 is 57.5 Å². The lowest BCUT2D eigenvalue weighted by molar-refractivity contribution is -0.627. The fourth-order valence-corrected chi connectivity index (χ4v) is 5.23. The number of nitrogens with two attached hydrogens (primary N) is 2. The van der Waals surface area contributed by atoms with E-state index in [2.05, 4.69) is 16.0 Å². The Bertz CT molecular complexity index is 1800. The van der Waals surface area contributed by atoms with E-state index >= 15 is 0 Å². The Kier molecular flexibility index (Phi) is 13.3. The number of amides is 3. The lowest BCUT2D eigenvalue weighted by Crippen LogP contribution is -2.80. The van der Waals surface area contributed by atoms with Gasteiger partial charge in [0, 0.05) is 55.9 Å². The number of carbonyl (C=O) groups excluding carboxylic acids is 5. The number of rotatable bonds is 18. The summed E-state index contributed by atoms with van der Waals surface area (Å²) in [5, 5.41) is 33.1. The molecule has 3 amide bonds. The average molecular weight is 668 g/mol. The molecule has 48 heavy (non-hydrogen) atoms. The van der Waals surface area contributed by atoms with Crippen LogP contribution in [0, 0.1) is 6.21 Å². The van der Waals surface area contributed by atoms with E-state index in [-0.39, 0.29) is 38.6 Å². The molecule has 0 radical (unpaired) electrons. The first-order chi connectivity index (χ1) is 22.8. The third-order valence-electron chi connectivity index (χ3n) is 7.79. The van der Waals surface area contributed by atoms with Gasteiger partial charge in [-0.25, -0.2) is 9.59 Å². The molecule has 7 N–H and O–H groups in total. The van der Waals surface area contributed by atoms with E-state index in [0.29, 0.717) is 29.1 Å². The summed E-state index contributed by atoms with van der Waals surface area (Å²) in [5.74, 6) is -5.10. The number of pyridine rings is 1. The highest BCUT2D eigenvalue weighted by Gasteiger charge is 2.26. The normalized spacial score (nSPS) is 13.5. The average Bonchev–Trinajstić information content (AvgIpc) is 3.03. The van der Waals surface area contributed by atoms with Crippen molar-refractivity contribution in [3.05, 3.63) is 57.3 Å². The van der Waals surface area contributed by atoms with E-state index in [0.717, 1.165) is 15.3 Å². The number of carboxylic acids is 2. The first-order valence-corrected chi connectivity index (χ1v) is 15.5. The second-order valence-electron chi connectivity index (χ2n) is 11.6. The molecule has 3 rings (SSSR count). The molecule has 0 fully saturated rings. The van der Waals surface area contributed by atoms with Gasteiger partial charge in [0.15, 0.2) is 6.21 Å². The Morgan fingerprint density at radius 3 is 2.21 bits per heavy atom. The topological polar surface area (TPSA) is 253 Å². The largest absolute Gasteiger partial charge is 0.550 e. The molecule has 16 nitrogen and oxygen atoms in total. The fraction of sp³-hybridized carbons (Fsp3) is 0.438. The van der Waals surface area contributed by atoms with Crippen molar-refractivity contribution in [3.63, 3.8) is 0 Å². The maximum Gasteiger partial charge on any atom is 0.428 e. The van der Waals surface area contributed by atoms with Gasteiger partial charge in [0.05, 0.1) is 43.5 Å². The van der Waals surface area contributed by atoms with Crippen molar-refractivity contribution >= 4 is 56.9 Å². The summed E-state index contributed by atoms with van der Waals surface area (Å²) < 4.78 is 0.896. The van der Waals surface area contributed by atoms with Crippen molar-refractivity contribution < 1.29 is 43.7 Å². The van der Waals surface area contributed by atoms with Crippen molar-refractivity contribution in [2.45, 2.75) is 56.7 Å². The summed E-state index contributed by atoms with van der Waals surface area (Å²) in [4.78, 5) is 89.3. The molecule has 3 aromatic rings. The second kappa shape index (κ2) is 17.1. The molecule has 0 spiro atoms. The maximum atomic E-state index is 13.5. The second-order valence-corrected chi connectivity index (χ2v) is 11.6. The van der Waals surface area contributed by atoms with Gasteiger partial charge in [-0.1, -0.05) is 16.4 Å². The predicted octanol–water partition coefficient (Wildman–Crippen LogP) is -5.32. The summed E-state index contributed by atoms with van der Waals surface area (Å²) in [6, 6.07) is 4.76. The molecule has 0 unspecified atom stereocenters. The molecule has 0 aliphatic heterocycles. The Balaban J connectivity index is 1.87. The minimum absolute atomic E-state index is 0.0547. The molecule has 1 heterocycles. The van der Waals surface area contributed by atoms with Crippen molar-refractivity contribution in [1.82, 2.24) is 16.0 Å². The molecule has 258 valence electrons. The standard InChI is InChI=1S/C32H41N7O9/c1-34-15-12-21(33)28(43)37-22(29(44)35-16-13-23(32(47)48)36-25(40)8-5-9-26(41)42)14-17-39-30(45)19-7-4-6-18-24(38(2)3)11-10-20(27(18)19)31(39)46/h4,6-7,10-11,17,21-23,34H,5,8-9,12-16,33H2,1-3H3,(H4-,35,36,37,40,41,42,43,44,47,48)/t21-,22+,23+/m0/s1. The Morgan fingerprint density at radius 1 is 0.917 bits per heavy atom. The van der Waals surface area contributed by atoms with Gasteiger partial charge in [-0.05, 0) is 37.5 Å². The van der Waals surface area contributed by atoms with Crippen LogP contribution in [0.4, 0.5) is 5.69 Å². The number of quaternary nitrogens is 1. The van der Waals surface area contributed by atoms with Gasteiger partial charge in [0.1, 0.15) is 11.4 Å². The first-order valence-electron chi connectivity index (χ1n) is 15.5. The Labute approximate surface area is 275 Å². The van der Waals surface area contributed by atoms with Crippen LogP contribution in [-0.2, 0) is 24.0 Å². The minimum atomic E-state index is -1.62. The molecule has 0 saturated carbocycles. The molecular weight excluding hydrogens is 626 g/mol. The van der Waals surface area contributed by atoms with E-state index in [4.69, 9.17) is 5.73 Å². The molecule has 0 aliphatic carbocycles. The van der Waals surface area contributed by atoms with Gasteiger partial charge in [-0.2, -0.15) is 0 Å². The highest BCUT2D eigenvalue weighted by atomic mass is 16.4. The van der Waals surface area contributed by atoms with Crippen LogP contribution in [0.15, 0.2) is 39.9 Å². The van der Waals surface area contributed by atoms with E-state index in [1.165, 1.54) is 6.21 Å². The predicted molar refractivity (Wildman–Crippen MR) is 170 cm³/mol. The van der Waals surface area contributed by atoms with Gasteiger partial charge >= 0.3 is 11.1 Å². The number of aliphatic carboxylic acids is 2. The third kappa shape index (κ3) is 9.42. The smallest absolute Gasteiger partial charge is 0.428 e. The number of benzene rings is 2. The van der Waals surface area contributed by atoms with Gasteiger partial charge < -0.3 is 51.7 Å². The van der Waals surface area contributed by atoms with Crippen LogP contribution in [0.3, 0.4) is 0 Å². The van der Waals surface area contributed by atoms with E-state index < -0.39 is 58.9 Å². The van der Waals surface area contributed by atoms with Crippen molar-refractivity contribution in [2.75, 3.05) is 39.1 Å². The maximum absolute atomic E-state index is 13.5. The molecular formula is C32H41N7O9. The highest BCUT2D eigenvalue weighted by molar-refractivity contribution is 6.13. The number of hydrogen-bond acceptors (Lipinski definition) is 11. The number of carboxylic acid groups (broad SMARTS) is 2. The Hall–Kier alpha value is -5.22. The zero-order valence-electron chi connectivity index (χ0n) is 27.1. The zero-order valence-corrected chi connectivity index (χ0v) is 27.1. The molecule has 3 atom stereocenters. The van der Waals surface area contributed by atoms with Crippen LogP contribution >= 0.6 is 0 Å². The number of anilines is 1. The number of nitrogens with zero attached hydrogens (tertiary/aromatic N) is 2. The number of nitrogens with one attached hydrogen (secondary N) is 3. The van der Waals surface area contributed by atoms with Crippen LogP contribution in [0.25, 0.3) is 21.5 Å². The van der Waals surface area contributed by atoms with Crippen LogP contribution in [-0.4, -0.2) is 82.0 Å². The summed E-state index contributed by atoms with van der Waals surface area (Å²) in [5.41, 5.74) is 5.59. The minimum Gasteiger partial charge on any atom is -0.550 e. The van der Waals surface area contributed by atoms with Crippen molar-refractivity contribution in [3.8, 4) is 0 Å². The summed E-state index contributed by atoms with van der Waals surface area (Å²) in [7, 11) is 5.50. The van der Waals surface area contributed by atoms with E-state index in [9.17, 15) is 43.8 Å². The van der Waals surface area contributed by atoms with Crippen molar-refractivity contribution in [2.24, 2.45) is 5.73 Å². The summed E-state index contributed by atoms with van der Waals surface area (Å²) in [6.07, 6.45) is 0.234. The quantitative estimate of drug-likeness (QED) is 0.0801. The highest BCUT2D eigenvalue weighted by Crippen LogP contribution is 2.29. The van der Waals surface area contributed by atoms with Crippen LogP contribution in [0.2, 0.25) is 0 Å². The van der Waals surface area contributed by atoms with Crippen LogP contribution in [0.5, 0.6) is 0 Å². The lowest BCUT2D eigenvalue weighted by atomic mass is 10.0. The monoisotopic (exact) mass is 667 g/mol. The molecule has 0 bridgehead atoms. The van der Waals surface area contributed by atoms with E-state index in [1.54, 1.807) is 31.3 Å². The van der Waals surface area contributed by atoms with Crippen LogP contribution in [0.1, 0.15) is 38.5 Å². The number of aromatic nitrogens is 1. The molecule has 16 heteroatoms. The SMILES string of the molecule is C[NH2+]CC[C@H](N)C(=O)N[C@H](CC=[n+]1c(=O)c2cccc3c(N(C)C)ccc(c1=O)c32)C(=O)NCC[C@@H](NC(=O)CCCC(=O)[O-])C(=O)[O-]. The first kappa shape index (κ1) is 37.2. The van der Waals surface area contributed by atoms with Gasteiger partial charge in [0.2, 0.25) is 17.7 Å².